The second kappa shape index (κ2) is 7.69. The van der Waals surface area contributed by atoms with E-state index < -0.39 is 11.8 Å². The van der Waals surface area contributed by atoms with Gasteiger partial charge in [0.2, 0.25) is 0 Å². The maximum Gasteiger partial charge on any atom is 0.274 e. The minimum absolute atomic E-state index is 0.233. The highest BCUT2D eigenvalue weighted by Crippen LogP contribution is 2.27. The summed E-state index contributed by atoms with van der Waals surface area (Å²) in [4.78, 5) is 39.6. The number of rotatable bonds is 4. The molecule has 0 atom stereocenters. The summed E-state index contributed by atoms with van der Waals surface area (Å²) < 4.78 is 1.48. The van der Waals surface area contributed by atoms with Crippen LogP contribution in [0.3, 0.4) is 0 Å². The first-order valence-corrected chi connectivity index (χ1v) is 9.11. The number of H-pyrrole nitrogens is 1. The minimum Gasteiger partial charge on any atom is -0.346 e. The van der Waals surface area contributed by atoms with Crippen LogP contribution in [-0.4, -0.2) is 26.6 Å². The Morgan fingerprint density at radius 1 is 1.00 bits per heavy atom. The zero-order chi connectivity index (χ0) is 21.3. The third-order valence-corrected chi connectivity index (χ3v) is 4.80. The lowest BCUT2D eigenvalue weighted by Gasteiger charge is -2.06. The van der Waals surface area contributed by atoms with E-state index >= 15 is 0 Å². The van der Waals surface area contributed by atoms with E-state index in [4.69, 9.17) is 5.21 Å². The molecule has 0 fully saturated rings. The number of carbonyl (C=O) groups excluding carboxylic acids is 2. The SMILES string of the molecule is Cn1cc(-c2ccccc2)c2cc(C(=O)Nc3ccc(C(=O)NO)cc3)[nH]c2c1=O. The van der Waals surface area contributed by atoms with Gasteiger partial charge in [0.05, 0.1) is 0 Å². The number of aromatic nitrogens is 2. The Hall–Kier alpha value is -4.17. The second-order valence-electron chi connectivity index (χ2n) is 6.77. The van der Waals surface area contributed by atoms with Crippen molar-refractivity contribution in [2.24, 2.45) is 7.05 Å². The number of hydrogen-bond acceptors (Lipinski definition) is 4. The summed E-state index contributed by atoms with van der Waals surface area (Å²) in [6.45, 7) is 0. The highest BCUT2D eigenvalue weighted by atomic mass is 16.5. The predicted octanol–water partition coefficient (Wildman–Crippen LogP) is 2.90. The smallest absolute Gasteiger partial charge is 0.274 e. The number of nitrogens with zero attached hydrogens (tertiary/aromatic N) is 1. The molecule has 0 spiro atoms. The summed E-state index contributed by atoms with van der Waals surface area (Å²) in [5.41, 5.74) is 4.38. The molecule has 2 heterocycles. The first-order valence-electron chi connectivity index (χ1n) is 9.11. The van der Waals surface area contributed by atoms with Gasteiger partial charge >= 0.3 is 0 Å². The molecule has 8 nitrogen and oxygen atoms in total. The molecule has 0 aliphatic carbocycles. The van der Waals surface area contributed by atoms with Crippen molar-refractivity contribution in [3.8, 4) is 11.1 Å². The van der Waals surface area contributed by atoms with E-state index in [1.807, 2.05) is 30.3 Å². The van der Waals surface area contributed by atoms with Crippen LogP contribution in [0.15, 0.2) is 71.7 Å². The van der Waals surface area contributed by atoms with Gasteiger partial charge in [0.25, 0.3) is 17.4 Å². The van der Waals surface area contributed by atoms with Crippen molar-refractivity contribution in [3.05, 3.63) is 88.5 Å². The van der Waals surface area contributed by atoms with Crippen LogP contribution >= 0.6 is 0 Å². The van der Waals surface area contributed by atoms with Crippen molar-refractivity contribution in [3.63, 3.8) is 0 Å². The van der Waals surface area contributed by atoms with E-state index in [0.717, 1.165) is 11.1 Å². The van der Waals surface area contributed by atoms with Crippen LogP contribution in [0.25, 0.3) is 22.0 Å². The molecule has 0 unspecified atom stereocenters. The summed E-state index contributed by atoms with van der Waals surface area (Å²) >= 11 is 0. The fraction of sp³-hybridized carbons (Fsp3) is 0.0455. The maximum absolute atomic E-state index is 12.7. The molecule has 4 rings (SSSR count). The van der Waals surface area contributed by atoms with Gasteiger partial charge in [-0.1, -0.05) is 30.3 Å². The largest absolute Gasteiger partial charge is 0.346 e. The van der Waals surface area contributed by atoms with Gasteiger partial charge in [-0.3, -0.25) is 19.6 Å². The zero-order valence-electron chi connectivity index (χ0n) is 16.0. The average Bonchev–Trinajstić information content (AvgIpc) is 3.23. The minimum atomic E-state index is -0.646. The van der Waals surface area contributed by atoms with Crippen LogP contribution in [0, 0.1) is 0 Å². The Kier molecular flexibility index (Phi) is 4.91. The molecule has 0 aliphatic rings. The topological polar surface area (TPSA) is 116 Å². The quantitative estimate of drug-likeness (QED) is 0.310. The van der Waals surface area contributed by atoms with E-state index in [0.29, 0.717) is 16.6 Å². The van der Waals surface area contributed by atoms with Gasteiger partial charge in [-0.05, 0) is 35.9 Å². The Labute approximate surface area is 170 Å². The van der Waals surface area contributed by atoms with Crippen LogP contribution in [-0.2, 0) is 7.05 Å². The number of pyridine rings is 1. The van der Waals surface area contributed by atoms with Crippen molar-refractivity contribution >= 4 is 28.4 Å². The van der Waals surface area contributed by atoms with Gasteiger partial charge in [-0.15, -0.1) is 0 Å². The van der Waals surface area contributed by atoms with E-state index in [9.17, 15) is 14.4 Å². The molecule has 150 valence electrons. The van der Waals surface area contributed by atoms with Crippen molar-refractivity contribution in [1.82, 2.24) is 15.0 Å². The van der Waals surface area contributed by atoms with Crippen molar-refractivity contribution < 1.29 is 14.8 Å². The van der Waals surface area contributed by atoms with Crippen molar-refractivity contribution in [2.45, 2.75) is 0 Å². The number of fused-ring (bicyclic) bond motifs is 1. The lowest BCUT2D eigenvalue weighted by molar-refractivity contribution is 0.0706. The monoisotopic (exact) mass is 402 g/mol. The Bertz CT molecular complexity index is 1300. The molecule has 8 heteroatoms. The summed E-state index contributed by atoms with van der Waals surface area (Å²) in [5.74, 6) is -1.07. The van der Waals surface area contributed by atoms with Crippen LogP contribution < -0.4 is 16.4 Å². The molecule has 2 amide bonds. The number of anilines is 1. The molecule has 4 aromatic rings. The number of aryl methyl sites for hydroxylation is 1. The van der Waals surface area contributed by atoms with Crippen LogP contribution in [0.5, 0.6) is 0 Å². The molecule has 4 N–H and O–H groups in total. The molecular weight excluding hydrogens is 384 g/mol. The van der Waals surface area contributed by atoms with Gasteiger partial charge < -0.3 is 14.9 Å². The van der Waals surface area contributed by atoms with Crippen LogP contribution in [0.4, 0.5) is 5.69 Å². The first-order chi connectivity index (χ1) is 14.5. The van der Waals surface area contributed by atoms with Crippen LogP contribution in [0.2, 0.25) is 0 Å². The third-order valence-electron chi connectivity index (χ3n) is 4.80. The predicted molar refractivity (Wildman–Crippen MR) is 113 cm³/mol. The third kappa shape index (κ3) is 3.47. The lowest BCUT2D eigenvalue weighted by atomic mass is 10.0. The first kappa shape index (κ1) is 19.2. The van der Waals surface area contributed by atoms with E-state index in [-0.39, 0.29) is 16.8 Å². The van der Waals surface area contributed by atoms with Crippen molar-refractivity contribution in [1.29, 1.82) is 0 Å². The Morgan fingerprint density at radius 2 is 1.70 bits per heavy atom. The number of nitrogens with one attached hydrogen (secondary N) is 3. The molecule has 2 aromatic carbocycles. The normalized spacial score (nSPS) is 10.7. The molecule has 0 saturated carbocycles. The van der Waals surface area contributed by atoms with E-state index in [2.05, 4.69) is 10.3 Å². The van der Waals surface area contributed by atoms with Crippen molar-refractivity contribution in [2.75, 3.05) is 5.32 Å². The lowest BCUT2D eigenvalue weighted by Crippen LogP contribution is -2.18. The second-order valence-corrected chi connectivity index (χ2v) is 6.77. The summed E-state index contributed by atoms with van der Waals surface area (Å²) in [6, 6.07) is 17.3. The molecule has 0 aliphatic heterocycles. The summed E-state index contributed by atoms with van der Waals surface area (Å²) in [7, 11) is 1.67. The number of hydrogen-bond donors (Lipinski definition) is 4. The van der Waals surface area contributed by atoms with Gasteiger partial charge in [0, 0.05) is 35.4 Å². The highest BCUT2D eigenvalue weighted by molar-refractivity contribution is 6.08. The highest BCUT2D eigenvalue weighted by Gasteiger charge is 2.16. The fourth-order valence-corrected chi connectivity index (χ4v) is 3.27. The molecule has 0 bridgehead atoms. The van der Waals surface area contributed by atoms with E-state index in [1.54, 1.807) is 36.9 Å². The van der Waals surface area contributed by atoms with Gasteiger partial charge in [-0.25, -0.2) is 5.48 Å². The van der Waals surface area contributed by atoms with Gasteiger partial charge in [0.1, 0.15) is 11.2 Å². The molecule has 0 radical (unpaired) electrons. The van der Waals surface area contributed by atoms with E-state index in [1.165, 1.54) is 16.7 Å². The average molecular weight is 402 g/mol. The number of aromatic amines is 1. The molecule has 30 heavy (non-hydrogen) atoms. The fourth-order valence-electron chi connectivity index (χ4n) is 3.27. The maximum atomic E-state index is 12.7. The van der Waals surface area contributed by atoms with Crippen LogP contribution in [0.1, 0.15) is 20.8 Å². The Balaban J connectivity index is 1.69. The number of amides is 2. The standard InChI is InChI=1S/C22H18N4O4/c1-26-12-17(13-5-3-2-4-6-13)16-11-18(24-19(16)22(26)29)21(28)23-15-9-7-14(8-10-15)20(27)25-30/h2-12,24,30H,1H3,(H,23,28)(H,25,27). The zero-order valence-corrected chi connectivity index (χ0v) is 16.0. The number of carbonyl (C=O) groups is 2. The van der Waals surface area contributed by atoms with Gasteiger partial charge in [-0.2, -0.15) is 0 Å². The Morgan fingerprint density at radius 3 is 2.37 bits per heavy atom. The molecule has 0 saturated heterocycles. The molecular formula is C22H18N4O4. The summed E-state index contributed by atoms with van der Waals surface area (Å²) in [6.07, 6.45) is 1.75. The summed E-state index contributed by atoms with van der Waals surface area (Å²) in [5, 5.41) is 12.0. The number of hydroxylamine groups is 1. The van der Waals surface area contributed by atoms with Gasteiger partial charge in [0.15, 0.2) is 0 Å². The number of benzene rings is 2. The molecule has 2 aromatic heterocycles.